The quantitative estimate of drug-likeness (QED) is 0.870. The predicted octanol–water partition coefficient (Wildman–Crippen LogP) is 3.65. The van der Waals surface area contributed by atoms with Gasteiger partial charge in [-0.3, -0.25) is 9.78 Å². The third-order valence-electron chi connectivity index (χ3n) is 3.50. The maximum Gasteiger partial charge on any atom is 0.304 e. The van der Waals surface area contributed by atoms with Crippen molar-refractivity contribution in [2.75, 3.05) is 6.54 Å². The number of nitrogens with two attached hydrogens (primary N) is 1. The zero-order valence-electron chi connectivity index (χ0n) is 12.1. The summed E-state index contributed by atoms with van der Waals surface area (Å²) in [4.78, 5) is 15.1. The highest BCUT2D eigenvalue weighted by Gasteiger charge is 2.16. The standard InChI is InChI=1S/C16H17ClN2O2.ClH/c1-10-4-5-19-9-14(10)13-6-11(2-3-15(13)17)12(8-18)7-16(20)21;/h2-6,9,12H,7-8,18H2,1H3,(H,20,21);1H/t12-;/m0./s1. The number of rotatable bonds is 5. The molecule has 0 aliphatic heterocycles. The summed E-state index contributed by atoms with van der Waals surface area (Å²) in [5, 5.41) is 9.58. The van der Waals surface area contributed by atoms with Crippen molar-refractivity contribution in [1.29, 1.82) is 0 Å². The minimum atomic E-state index is -0.862. The molecule has 0 bridgehead atoms. The molecule has 22 heavy (non-hydrogen) atoms. The maximum atomic E-state index is 10.9. The molecular weight excluding hydrogens is 323 g/mol. The minimum absolute atomic E-state index is 0. The van der Waals surface area contributed by atoms with Gasteiger partial charge in [-0.15, -0.1) is 12.4 Å². The Hall–Kier alpha value is -1.62. The Labute approximate surface area is 140 Å². The lowest BCUT2D eigenvalue weighted by atomic mass is 9.92. The van der Waals surface area contributed by atoms with Gasteiger partial charge in [0.05, 0.1) is 6.42 Å². The number of carbonyl (C=O) groups is 1. The van der Waals surface area contributed by atoms with Crippen LogP contribution in [0.3, 0.4) is 0 Å². The number of benzene rings is 1. The minimum Gasteiger partial charge on any atom is -0.481 e. The van der Waals surface area contributed by atoms with E-state index in [0.29, 0.717) is 5.02 Å². The molecule has 1 aromatic carbocycles. The first-order valence-electron chi connectivity index (χ1n) is 6.65. The van der Waals surface area contributed by atoms with Crippen LogP contribution in [0.2, 0.25) is 5.02 Å². The molecule has 3 N–H and O–H groups in total. The molecule has 0 aliphatic rings. The molecule has 0 fully saturated rings. The van der Waals surface area contributed by atoms with Crippen molar-refractivity contribution in [3.63, 3.8) is 0 Å². The SMILES string of the molecule is Cc1ccncc1-c1cc([C@H](CN)CC(=O)O)ccc1Cl.Cl. The van der Waals surface area contributed by atoms with Crippen LogP contribution >= 0.6 is 24.0 Å². The number of aromatic nitrogens is 1. The summed E-state index contributed by atoms with van der Waals surface area (Å²) in [6.07, 6.45) is 3.49. The highest BCUT2D eigenvalue weighted by Crippen LogP contribution is 2.33. The van der Waals surface area contributed by atoms with Gasteiger partial charge in [0.25, 0.3) is 0 Å². The second-order valence-corrected chi connectivity index (χ2v) is 5.37. The third kappa shape index (κ3) is 4.19. The molecule has 0 radical (unpaired) electrons. The molecule has 118 valence electrons. The van der Waals surface area contributed by atoms with E-state index >= 15 is 0 Å². The van der Waals surface area contributed by atoms with Gasteiger partial charge in [-0.2, -0.15) is 0 Å². The lowest BCUT2D eigenvalue weighted by Crippen LogP contribution is -2.16. The van der Waals surface area contributed by atoms with Crippen molar-refractivity contribution < 1.29 is 9.90 Å². The van der Waals surface area contributed by atoms with E-state index in [1.54, 1.807) is 18.5 Å². The van der Waals surface area contributed by atoms with Gasteiger partial charge < -0.3 is 10.8 Å². The van der Waals surface area contributed by atoms with Gasteiger partial charge in [-0.05, 0) is 42.8 Å². The van der Waals surface area contributed by atoms with E-state index in [1.807, 2.05) is 25.1 Å². The van der Waals surface area contributed by atoms with Gasteiger partial charge in [0, 0.05) is 34.5 Å². The average Bonchev–Trinajstić information content (AvgIpc) is 2.46. The molecule has 2 rings (SSSR count). The topological polar surface area (TPSA) is 76.2 Å². The average molecular weight is 341 g/mol. The fourth-order valence-corrected chi connectivity index (χ4v) is 2.52. The molecule has 0 unspecified atom stereocenters. The van der Waals surface area contributed by atoms with Crippen LogP contribution in [0, 0.1) is 6.92 Å². The molecule has 2 aromatic rings. The van der Waals surface area contributed by atoms with Crippen LogP contribution in [-0.2, 0) is 4.79 Å². The first kappa shape index (κ1) is 18.4. The van der Waals surface area contributed by atoms with Crippen molar-refractivity contribution in [1.82, 2.24) is 4.98 Å². The van der Waals surface area contributed by atoms with Gasteiger partial charge in [-0.1, -0.05) is 17.7 Å². The first-order valence-corrected chi connectivity index (χ1v) is 7.03. The number of carboxylic acid groups (broad SMARTS) is 1. The van der Waals surface area contributed by atoms with E-state index in [4.69, 9.17) is 22.4 Å². The Morgan fingerprint density at radius 3 is 2.68 bits per heavy atom. The number of aryl methyl sites for hydroxylation is 1. The van der Waals surface area contributed by atoms with Crippen molar-refractivity contribution in [3.8, 4) is 11.1 Å². The zero-order chi connectivity index (χ0) is 15.4. The summed E-state index contributed by atoms with van der Waals surface area (Å²) in [6.45, 7) is 2.26. The molecule has 0 amide bonds. The summed E-state index contributed by atoms with van der Waals surface area (Å²) >= 11 is 6.28. The third-order valence-corrected chi connectivity index (χ3v) is 3.83. The highest BCUT2D eigenvalue weighted by atomic mass is 35.5. The van der Waals surface area contributed by atoms with Crippen molar-refractivity contribution in [3.05, 3.63) is 52.8 Å². The van der Waals surface area contributed by atoms with Crippen LogP contribution in [0.4, 0.5) is 0 Å². The molecule has 6 heteroatoms. The Balaban J connectivity index is 0.00000242. The van der Waals surface area contributed by atoms with Gasteiger partial charge in [0.2, 0.25) is 0 Å². The lowest BCUT2D eigenvalue weighted by molar-refractivity contribution is -0.137. The summed E-state index contributed by atoms with van der Waals surface area (Å²) in [6, 6.07) is 7.43. The van der Waals surface area contributed by atoms with Crippen LogP contribution in [0.25, 0.3) is 11.1 Å². The van der Waals surface area contributed by atoms with Crippen LogP contribution < -0.4 is 5.73 Å². The van der Waals surface area contributed by atoms with Crippen LogP contribution in [0.5, 0.6) is 0 Å². The first-order chi connectivity index (χ1) is 10.0. The van der Waals surface area contributed by atoms with E-state index in [9.17, 15) is 4.79 Å². The normalized spacial score (nSPS) is 11.6. The molecule has 1 heterocycles. The molecule has 1 atom stereocenters. The van der Waals surface area contributed by atoms with Crippen molar-refractivity contribution >= 4 is 30.0 Å². The number of carboxylic acids is 1. The van der Waals surface area contributed by atoms with E-state index in [2.05, 4.69) is 4.98 Å². The molecule has 0 aliphatic carbocycles. The summed E-state index contributed by atoms with van der Waals surface area (Å²) in [5.74, 6) is -1.09. The molecule has 0 saturated carbocycles. The second kappa shape index (κ2) is 8.13. The molecular formula is C16H18Cl2N2O2. The number of pyridine rings is 1. The monoisotopic (exact) mass is 340 g/mol. The molecule has 4 nitrogen and oxygen atoms in total. The Bertz CT molecular complexity index is 662. The largest absolute Gasteiger partial charge is 0.481 e. The molecule has 0 saturated heterocycles. The van der Waals surface area contributed by atoms with Gasteiger partial charge in [0.1, 0.15) is 0 Å². The van der Waals surface area contributed by atoms with Crippen molar-refractivity contribution in [2.45, 2.75) is 19.3 Å². The van der Waals surface area contributed by atoms with Gasteiger partial charge >= 0.3 is 5.97 Å². The van der Waals surface area contributed by atoms with Crippen molar-refractivity contribution in [2.24, 2.45) is 5.73 Å². The number of halogens is 2. The predicted molar refractivity (Wildman–Crippen MR) is 90.7 cm³/mol. The number of hydrogen-bond donors (Lipinski definition) is 2. The molecule has 1 aromatic heterocycles. The second-order valence-electron chi connectivity index (χ2n) is 4.96. The fraction of sp³-hybridized carbons (Fsp3) is 0.250. The zero-order valence-corrected chi connectivity index (χ0v) is 13.7. The Morgan fingerprint density at radius 2 is 2.09 bits per heavy atom. The fourth-order valence-electron chi connectivity index (χ4n) is 2.30. The highest BCUT2D eigenvalue weighted by molar-refractivity contribution is 6.33. The smallest absolute Gasteiger partial charge is 0.304 e. The number of nitrogens with zero attached hydrogens (tertiary/aromatic N) is 1. The summed E-state index contributed by atoms with van der Waals surface area (Å²) in [7, 11) is 0. The summed E-state index contributed by atoms with van der Waals surface area (Å²) < 4.78 is 0. The van der Waals surface area contributed by atoms with E-state index in [-0.39, 0.29) is 31.3 Å². The Morgan fingerprint density at radius 1 is 1.36 bits per heavy atom. The van der Waals surface area contributed by atoms with E-state index < -0.39 is 5.97 Å². The molecule has 0 spiro atoms. The lowest BCUT2D eigenvalue weighted by Gasteiger charge is -2.16. The maximum absolute atomic E-state index is 10.9. The van der Waals surface area contributed by atoms with Crippen LogP contribution in [0.15, 0.2) is 36.7 Å². The van der Waals surface area contributed by atoms with Crippen LogP contribution in [0.1, 0.15) is 23.5 Å². The van der Waals surface area contributed by atoms with Gasteiger partial charge in [-0.25, -0.2) is 0 Å². The van der Waals surface area contributed by atoms with Gasteiger partial charge in [0.15, 0.2) is 0 Å². The number of aliphatic carboxylic acids is 1. The number of hydrogen-bond acceptors (Lipinski definition) is 3. The van der Waals surface area contributed by atoms with E-state index in [1.165, 1.54) is 0 Å². The van der Waals surface area contributed by atoms with E-state index in [0.717, 1.165) is 22.3 Å². The summed E-state index contributed by atoms with van der Waals surface area (Å²) in [5.41, 5.74) is 9.43. The Kier molecular flexibility index (Phi) is 6.81. The van der Waals surface area contributed by atoms with Crippen LogP contribution in [-0.4, -0.2) is 22.6 Å².